The second-order valence-corrected chi connectivity index (χ2v) is 4.80. The van der Waals surface area contributed by atoms with E-state index in [0.29, 0.717) is 0 Å². The average Bonchev–Trinajstić information content (AvgIpc) is 2.78. The minimum atomic E-state index is -0.616. The van der Waals surface area contributed by atoms with Crippen molar-refractivity contribution in [3.63, 3.8) is 0 Å². The van der Waals surface area contributed by atoms with Gasteiger partial charge in [-0.2, -0.15) is 0 Å². The van der Waals surface area contributed by atoms with Crippen LogP contribution in [-0.4, -0.2) is 36.4 Å². The molecule has 2 heterocycles. The third-order valence-corrected chi connectivity index (χ3v) is 3.25. The monoisotopic (exact) mass is 233 g/mol. The summed E-state index contributed by atoms with van der Waals surface area (Å²) in [6, 6.07) is 5.85. The largest absolute Gasteiger partial charge is 0.347 e. The van der Waals surface area contributed by atoms with Gasteiger partial charge in [-0.3, -0.25) is 15.1 Å². The summed E-state index contributed by atoms with van der Waals surface area (Å²) in [5.41, 5.74) is 1.17. The normalized spacial score (nSPS) is 23.7. The summed E-state index contributed by atoms with van der Waals surface area (Å²) in [7, 11) is 3.58. The Morgan fingerprint density at radius 3 is 2.76 bits per heavy atom. The van der Waals surface area contributed by atoms with Crippen LogP contribution in [0.25, 0.3) is 0 Å². The Kier molecular flexibility index (Phi) is 3.15. The first-order chi connectivity index (χ1) is 8.06. The van der Waals surface area contributed by atoms with Crippen LogP contribution in [0.2, 0.25) is 0 Å². The number of hydrogen-bond donors (Lipinski definition) is 1. The van der Waals surface area contributed by atoms with Crippen molar-refractivity contribution < 1.29 is 4.79 Å². The van der Waals surface area contributed by atoms with E-state index >= 15 is 0 Å². The van der Waals surface area contributed by atoms with Crippen LogP contribution in [0.4, 0.5) is 0 Å². The first-order valence-corrected chi connectivity index (χ1v) is 5.97. The van der Waals surface area contributed by atoms with Crippen LogP contribution in [0.15, 0.2) is 18.2 Å². The van der Waals surface area contributed by atoms with Gasteiger partial charge in [-0.05, 0) is 38.4 Å². The predicted molar refractivity (Wildman–Crippen MR) is 66.6 cm³/mol. The van der Waals surface area contributed by atoms with E-state index in [0.717, 1.165) is 30.8 Å². The summed E-state index contributed by atoms with van der Waals surface area (Å²) >= 11 is 0. The highest BCUT2D eigenvalue weighted by Gasteiger charge is 2.44. The molecule has 0 bridgehead atoms. The van der Waals surface area contributed by atoms with Crippen molar-refractivity contribution in [2.75, 3.05) is 20.6 Å². The summed E-state index contributed by atoms with van der Waals surface area (Å²) < 4.78 is 0. The van der Waals surface area contributed by atoms with E-state index in [1.54, 1.807) is 19.0 Å². The highest BCUT2D eigenvalue weighted by Crippen LogP contribution is 2.31. The molecule has 1 aliphatic heterocycles. The van der Waals surface area contributed by atoms with Gasteiger partial charge in [0, 0.05) is 19.8 Å². The molecule has 1 aromatic rings. The number of pyridine rings is 1. The summed E-state index contributed by atoms with van der Waals surface area (Å²) in [6.45, 7) is 2.82. The minimum absolute atomic E-state index is 0.0908. The number of nitrogens with one attached hydrogen (secondary N) is 1. The van der Waals surface area contributed by atoms with Crippen molar-refractivity contribution in [3.8, 4) is 0 Å². The van der Waals surface area contributed by atoms with Crippen molar-refractivity contribution in [1.29, 1.82) is 0 Å². The van der Waals surface area contributed by atoms with Crippen LogP contribution in [0, 0.1) is 6.92 Å². The summed E-state index contributed by atoms with van der Waals surface area (Å²) in [4.78, 5) is 18.6. The highest BCUT2D eigenvalue weighted by atomic mass is 16.2. The molecular weight excluding hydrogens is 214 g/mol. The zero-order valence-corrected chi connectivity index (χ0v) is 10.7. The predicted octanol–water partition coefficient (Wildman–Crippen LogP) is 1.06. The second kappa shape index (κ2) is 4.45. The molecule has 2 rings (SSSR count). The van der Waals surface area contributed by atoms with Crippen molar-refractivity contribution in [3.05, 3.63) is 29.6 Å². The van der Waals surface area contributed by atoms with Gasteiger partial charge in [-0.25, -0.2) is 0 Å². The first kappa shape index (κ1) is 12.0. The van der Waals surface area contributed by atoms with Crippen molar-refractivity contribution >= 4 is 5.91 Å². The van der Waals surface area contributed by atoms with Crippen LogP contribution in [-0.2, 0) is 10.3 Å². The fraction of sp³-hybridized carbons (Fsp3) is 0.538. The molecule has 1 saturated heterocycles. The Hall–Kier alpha value is -1.42. The number of carbonyl (C=O) groups excluding carboxylic acids is 1. The van der Waals surface area contributed by atoms with Crippen molar-refractivity contribution in [1.82, 2.24) is 15.2 Å². The average molecular weight is 233 g/mol. The fourth-order valence-electron chi connectivity index (χ4n) is 2.42. The van der Waals surface area contributed by atoms with Gasteiger partial charge in [-0.15, -0.1) is 0 Å². The molecule has 0 saturated carbocycles. The van der Waals surface area contributed by atoms with Crippen LogP contribution in [0.5, 0.6) is 0 Å². The molecular formula is C13H19N3O. The Morgan fingerprint density at radius 1 is 1.47 bits per heavy atom. The number of aromatic nitrogens is 1. The van der Waals surface area contributed by atoms with Crippen molar-refractivity contribution in [2.45, 2.75) is 25.3 Å². The van der Waals surface area contributed by atoms with Crippen molar-refractivity contribution in [2.24, 2.45) is 0 Å². The lowest BCUT2D eigenvalue weighted by Crippen LogP contribution is -2.51. The third kappa shape index (κ3) is 2.05. The molecule has 92 valence electrons. The maximum Gasteiger partial charge on any atom is 0.248 e. The van der Waals surface area contributed by atoms with E-state index in [2.05, 4.69) is 10.3 Å². The molecule has 0 radical (unpaired) electrons. The maximum absolute atomic E-state index is 12.4. The van der Waals surface area contributed by atoms with E-state index in [9.17, 15) is 4.79 Å². The number of amides is 1. The molecule has 0 unspecified atom stereocenters. The Morgan fingerprint density at radius 2 is 2.24 bits per heavy atom. The van der Waals surface area contributed by atoms with Gasteiger partial charge >= 0.3 is 0 Å². The molecule has 1 N–H and O–H groups in total. The maximum atomic E-state index is 12.4. The van der Waals surface area contributed by atoms with E-state index in [1.807, 2.05) is 25.1 Å². The fourth-order valence-corrected chi connectivity index (χ4v) is 2.42. The zero-order valence-electron chi connectivity index (χ0n) is 10.7. The van der Waals surface area contributed by atoms with Gasteiger partial charge in [0.15, 0.2) is 0 Å². The molecule has 1 amide bonds. The topological polar surface area (TPSA) is 45.2 Å². The van der Waals surface area contributed by atoms with Gasteiger partial charge < -0.3 is 4.90 Å². The number of carbonyl (C=O) groups is 1. The number of rotatable bonds is 2. The van der Waals surface area contributed by atoms with E-state index in [4.69, 9.17) is 0 Å². The van der Waals surface area contributed by atoms with Gasteiger partial charge in [0.05, 0.1) is 5.69 Å². The SMILES string of the molecule is Cc1cccc([C@@]2(C(=O)N(C)C)CCCN2)n1. The molecule has 1 fully saturated rings. The van der Waals surface area contributed by atoms with E-state index < -0.39 is 5.54 Å². The van der Waals surface area contributed by atoms with Gasteiger partial charge in [-0.1, -0.05) is 6.07 Å². The Labute approximate surface area is 102 Å². The quantitative estimate of drug-likeness (QED) is 0.830. The summed E-state index contributed by atoms with van der Waals surface area (Å²) in [6.07, 6.45) is 1.83. The summed E-state index contributed by atoms with van der Waals surface area (Å²) in [5, 5.41) is 3.34. The molecule has 0 aliphatic carbocycles. The molecule has 1 aliphatic rings. The number of likely N-dealkylation sites (N-methyl/N-ethyl adjacent to an activating group) is 1. The van der Waals surface area contributed by atoms with Gasteiger partial charge in [0.1, 0.15) is 5.54 Å². The molecule has 0 spiro atoms. The van der Waals surface area contributed by atoms with Crippen LogP contribution in [0.3, 0.4) is 0 Å². The van der Waals surface area contributed by atoms with Crippen LogP contribution in [0.1, 0.15) is 24.2 Å². The Bertz CT molecular complexity index is 422. The number of aryl methyl sites for hydroxylation is 1. The highest BCUT2D eigenvalue weighted by molar-refractivity contribution is 5.87. The molecule has 1 aromatic heterocycles. The van der Waals surface area contributed by atoms with Crippen LogP contribution < -0.4 is 5.32 Å². The first-order valence-electron chi connectivity index (χ1n) is 5.97. The summed E-state index contributed by atoms with van der Waals surface area (Å²) in [5.74, 6) is 0.0908. The molecule has 4 heteroatoms. The van der Waals surface area contributed by atoms with Gasteiger partial charge in [0.2, 0.25) is 5.91 Å². The molecule has 4 nitrogen and oxygen atoms in total. The number of hydrogen-bond acceptors (Lipinski definition) is 3. The molecule has 1 atom stereocenters. The lowest BCUT2D eigenvalue weighted by atomic mass is 9.91. The van der Waals surface area contributed by atoms with E-state index in [1.165, 1.54) is 0 Å². The molecule has 17 heavy (non-hydrogen) atoms. The molecule has 0 aromatic carbocycles. The van der Waals surface area contributed by atoms with E-state index in [-0.39, 0.29) is 5.91 Å². The smallest absolute Gasteiger partial charge is 0.248 e. The number of nitrogens with zero attached hydrogens (tertiary/aromatic N) is 2. The van der Waals surface area contributed by atoms with Gasteiger partial charge in [0.25, 0.3) is 0 Å². The zero-order chi connectivity index (χ0) is 12.5. The standard InChI is InChI=1S/C13H19N3O/c1-10-6-4-7-11(15-10)13(8-5-9-14-13)12(17)16(2)3/h4,6-7,14H,5,8-9H2,1-3H3/t13-/m1/s1. The van der Waals surface area contributed by atoms with Crippen LogP contribution >= 0.6 is 0 Å². The second-order valence-electron chi connectivity index (χ2n) is 4.80. The Balaban J connectivity index is 2.45. The third-order valence-electron chi connectivity index (χ3n) is 3.25. The lowest BCUT2D eigenvalue weighted by Gasteiger charge is -2.30. The minimum Gasteiger partial charge on any atom is -0.347 e. The lowest BCUT2D eigenvalue weighted by molar-refractivity contribution is -0.135.